The summed E-state index contributed by atoms with van der Waals surface area (Å²) in [5.41, 5.74) is 0. The maximum absolute atomic E-state index is 12.5. The summed E-state index contributed by atoms with van der Waals surface area (Å²) in [5, 5.41) is 0. The molecular formula is C19H30N2O5S. The number of carbonyl (C=O) groups is 1. The van der Waals surface area contributed by atoms with Crippen molar-refractivity contribution in [3.05, 3.63) is 24.3 Å². The molecule has 0 amide bonds. The zero-order valence-corrected chi connectivity index (χ0v) is 17.0. The maximum Gasteiger partial charge on any atom is 0.305 e. The quantitative estimate of drug-likeness (QED) is 0.454. The minimum Gasteiger partial charge on any atom is -0.497 e. The van der Waals surface area contributed by atoms with Crippen LogP contribution in [0.2, 0.25) is 0 Å². The number of esters is 1. The van der Waals surface area contributed by atoms with Crippen molar-refractivity contribution < 1.29 is 22.7 Å². The van der Waals surface area contributed by atoms with Gasteiger partial charge in [0.2, 0.25) is 10.0 Å². The molecule has 1 saturated heterocycles. The van der Waals surface area contributed by atoms with E-state index in [0.29, 0.717) is 25.3 Å². The number of hydrogen-bond acceptors (Lipinski definition) is 6. The van der Waals surface area contributed by atoms with Crippen LogP contribution in [0.25, 0.3) is 0 Å². The second-order valence-corrected chi connectivity index (χ2v) is 8.41. The first-order valence-electron chi connectivity index (χ1n) is 9.49. The Hall–Kier alpha value is -1.64. The van der Waals surface area contributed by atoms with Crippen LogP contribution in [0, 0.1) is 0 Å². The number of benzene rings is 1. The molecule has 0 radical (unpaired) electrons. The monoisotopic (exact) mass is 398 g/mol. The Morgan fingerprint density at radius 1 is 1.22 bits per heavy atom. The predicted molar refractivity (Wildman–Crippen MR) is 103 cm³/mol. The molecule has 0 bridgehead atoms. The molecule has 1 N–H and O–H groups in total. The van der Waals surface area contributed by atoms with Gasteiger partial charge in [0.25, 0.3) is 0 Å². The highest BCUT2D eigenvalue weighted by molar-refractivity contribution is 7.89. The highest BCUT2D eigenvalue weighted by atomic mass is 32.2. The van der Waals surface area contributed by atoms with Crippen molar-refractivity contribution in [2.45, 2.75) is 50.0 Å². The Balaban J connectivity index is 1.70. The number of carbonyl (C=O) groups excluding carboxylic acids is 1. The van der Waals surface area contributed by atoms with E-state index in [4.69, 9.17) is 9.47 Å². The van der Waals surface area contributed by atoms with Gasteiger partial charge in [0.1, 0.15) is 5.75 Å². The van der Waals surface area contributed by atoms with Crippen LogP contribution in [0.3, 0.4) is 0 Å². The van der Waals surface area contributed by atoms with E-state index < -0.39 is 10.0 Å². The Bertz CT molecular complexity index is 691. The Morgan fingerprint density at radius 3 is 2.63 bits per heavy atom. The van der Waals surface area contributed by atoms with E-state index in [1.807, 2.05) is 6.92 Å². The lowest BCUT2D eigenvalue weighted by Gasteiger charge is -2.17. The SMILES string of the molecule is CCOC(=O)CCCCCN1CCC(NS(=O)(=O)c2ccc(OC)cc2)C1. The van der Waals surface area contributed by atoms with Gasteiger partial charge in [-0.05, 0) is 63.5 Å². The number of rotatable bonds is 11. The summed E-state index contributed by atoms with van der Waals surface area (Å²) in [5.74, 6) is 0.496. The molecule has 1 aliphatic heterocycles. The van der Waals surface area contributed by atoms with Gasteiger partial charge in [-0.25, -0.2) is 13.1 Å². The third-order valence-corrected chi connectivity index (χ3v) is 6.16. The lowest BCUT2D eigenvalue weighted by molar-refractivity contribution is -0.143. The van der Waals surface area contributed by atoms with Crippen molar-refractivity contribution in [1.29, 1.82) is 0 Å². The van der Waals surface area contributed by atoms with Crippen LogP contribution in [0.5, 0.6) is 5.75 Å². The van der Waals surface area contributed by atoms with Crippen LogP contribution >= 0.6 is 0 Å². The third-order valence-electron chi connectivity index (χ3n) is 4.62. The van der Waals surface area contributed by atoms with E-state index in [0.717, 1.165) is 38.8 Å². The Morgan fingerprint density at radius 2 is 1.96 bits per heavy atom. The predicted octanol–water partition coefficient (Wildman–Crippen LogP) is 2.17. The smallest absolute Gasteiger partial charge is 0.305 e. The van der Waals surface area contributed by atoms with Crippen LogP contribution in [-0.4, -0.2) is 58.7 Å². The van der Waals surface area contributed by atoms with Gasteiger partial charge in [-0.15, -0.1) is 0 Å². The van der Waals surface area contributed by atoms with Crippen molar-refractivity contribution >= 4 is 16.0 Å². The van der Waals surface area contributed by atoms with Gasteiger partial charge in [-0.3, -0.25) is 4.79 Å². The van der Waals surface area contributed by atoms with Gasteiger partial charge in [-0.1, -0.05) is 6.42 Å². The minimum atomic E-state index is -3.52. The Labute approximate surface area is 162 Å². The van der Waals surface area contributed by atoms with E-state index in [9.17, 15) is 13.2 Å². The number of hydrogen-bond donors (Lipinski definition) is 1. The molecule has 27 heavy (non-hydrogen) atoms. The van der Waals surface area contributed by atoms with Crippen LogP contribution in [0.15, 0.2) is 29.2 Å². The van der Waals surface area contributed by atoms with Gasteiger partial charge >= 0.3 is 5.97 Å². The average molecular weight is 399 g/mol. The number of nitrogens with one attached hydrogen (secondary N) is 1. The molecule has 2 rings (SSSR count). The molecule has 7 nitrogen and oxygen atoms in total. The first kappa shape index (κ1) is 21.7. The van der Waals surface area contributed by atoms with Gasteiger partial charge in [0, 0.05) is 19.0 Å². The van der Waals surface area contributed by atoms with Crippen molar-refractivity contribution in [1.82, 2.24) is 9.62 Å². The largest absolute Gasteiger partial charge is 0.497 e. The number of likely N-dealkylation sites (tertiary alicyclic amines) is 1. The van der Waals surface area contributed by atoms with Crippen LogP contribution in [-0.2, 0) is 19.6 Å². The van der Waals surface area contributed by atoms with E-state index in [-0.39, 0.29) is 16.9 Å². The molecule has 1 unspecified atom stereocenters. The third kappa shape index (κ3) is 7.12. The second-order valence-electron chi connectivity index (χ2n) is 6.70. The van der Waals surface area contributed by atoms with Crippen molar-refractivity contribution in [3.8, 4) is 5.75 Å². The molecule has 0 saturated carbocycles. The van der Waals surface area contributed by atoms with Crippen molar-refractivity contribution in [3.63, 3.8) is 0 Å². The molecule has 1 aliphatic rings. The summed E-state index contributed by atoms with van der Waals surface area (Å²) in [4.78, 5) is 13.8. The van der Waals surface area contributed by atoms with Gasteiger partial charge in [0.05, 0.1) is 18.6 Å². The van der Waals surface area contributed by atoms with Gasteiger partial charge in [0.15, 0.2) is 0 Å². The molecule has 1 atom stereocenters. The number of ether oxygens (including phenoxy) is 2. The zero-order chi connectivity index (χ0) is 19.7. The highest BCUT2D eigenvalue weighted by Crippen LogP contribution is 2.18. The molecule has 8 heteroatoms. The molecule has 1 aromatic rings. The summed E-state index contributed by atoms with van der Waals surface area (Å²) >= 11 is 0. The summed E-state index contributed by atoms with van der Waals surface area (Å²) < 4.78 is 37.8. The van der Waals surface area contributed by atoms with E-state index in [1.165, 1.54) is 0 Å². The summed E-state index contributed by atoms with van der Waals surface area (Å²) in [7, 11) is -1.97. The number of unbranched alkanes of at least 4 members (excludes halogenated alkanes) is 2. The van der Waals surface area contributed by atoms with Gasteiger partial charge < -0.3 is 14.4 Å². The standard InChI is InChI=1S/C19H30N2O5S/c1-3-26-19(22)7-5-4-6-13-21-14-12-16(15-21)20-27(23,24)18-10-8-17(25-2)9-11-18/h8-11,16,20H,3-7,12-15H2,1-2H3. The maximum atomic E-state index is 12.5. The fourth-order valence-electron chi connectivity index (χ4n) is 3.19. The lowest BCUT2D eigenvalue weighted by Crippen LogP contribution is -2.37. The van der Waals surface area contributed by atoms with Gasteiger partial charge in [-0.2, -0.15) is 0 Å². The molecule has 1 aromatic carbocycles. The number of sulfonamides is 1. The summed E-state index contributed by atoms with van der Waals surface area (Å²) in [6.07, 6.45) is 4.07. The summed E-state index contributed by atoms with van der Waals surface area (Å²) in [6, 6.07) is 6.32. The summed E-state index contributed by atoms with van der Waals surface area (Å²) in [6.45, 7) is 4.76. The molecule has 0 aromatic heterocycles. The minimum absolute atomic E-state index is 0.0726. The van der Waals surface area contributed by atoms with Crippen molar-refractivity contribution in [2.75, 3.05) is 33.4 Å². The molecular weight excluding hydrogens is 368 g/mol. The first-order valence-corrected chi connectivity index (χ1v) is 11.0. The highest BCUT2D eigenvalue weighted by Gasteiger charge is 2.26. The topological polar surface area (TPSA) is 84.9 Å². The normalized spacial score (nSPS) is 17.8. The first-order chi connectivity index (χ1) is 12.9. The van der Waals surface area contributed by atoms with Crippen molar-refractivity contribution in [2.24, 2.45) is 0 Å². The lowest BCUT2D eigenvalue weighted by atomic mass is 10.2. The van der Waals surface area contributed by atoms with Crippen LogP contribution in [0.1, 0.15) is 39.0 Å². The second kappa shape index (κ2) is 10.6. The molecule has 0 spiro atoms. The Kier molecular flexibility index (Phi) is 8.53. The number of methoxy groups -OCH3 is 1. The van der Waals surface area contributed by atoms with E-state index in [2.05, 4.69) is 9.62 Å². The van der Waals surface area contributed by atoms with E-state index in [1.54, 1.807) is 31.4 Å². The molecule has 0 aliphatic carbocycles. The molecule has 1 heterocycles. The average Bonchev–Trinajstić information content (AvgIpc) is 3.08. The zero-order valence-electron chi connectivity index (χ0n) is 16.1. The molecule has 1 fully saturated rings. The van der Waals surface area contributed by atoms with Crippen LogP contribution in [0.4, 0.5) is 0 Å². The fourth-order valence-corrected chi connectivity index (χ4v) is 4.45. The fraction of sp³-hybridized carbons (Fsp3) is 0.632. The number of nitrogens with zero attached hydrogens (tertiary/aromatic N) is 1. The van der Waals surface area contributed by atoms with Crippen LogP contribution < -0.4 is 9.46 Å². The molecule has 152 valence electrons. The van der Waals surface area contributed by atoms with E-state index >= 15 is 0 Å².